The largest absolute Gasteiger partial charge is 0.0841 e. The minimum atomic E-state index is 1.08. The minimum Gasteiger partial charge on any atom is -0.0841 e. The number of hydrogen-bond donors (Lipinski definition) is 0. The molecule has 14 heavy (non-hydrogen) atoms. The third-order valence-corrected chi connectivity index (χ3v) is 2.73. The lowest BCUT2D eigenvalue weighted by Gasteiger charge is -2.12. The maximum atomic E-state index is 2.33. The fourth-order valence-electron chi connectivity index (χ4n) is 1.82. The highest BCUT2D eigenvalue weighted by molar-refractivity contribution is 5.51. The molecule has 0 saturated heterocycles. The van der Waals surface area contributed by atoms with Crippen molar-refractivity contribution in [3.8, 4) is 0 Å². The van der Waals surface area contributed by atoms with Crippen LogP contribution in [0, 0.1) is 0 Å². The first-order valence-electron chi connectivity index (χ1n) is 5.30. The van der Waals surface area contributed by atoms with Gasteiger partial charge in [0.05, 0.1) is 0 Å². The minimum absolute atomic E-state index is 1.08. The van der Waals surface area contributed by atoms with E-state index in [0.717, 1.165) is 6.42 Å². The van der Waals surface area contributed by atoms with Gasteiger partial charge in [-0.2, -0.15) is 0 Å². The molecule has 0 heterocycles. The molecule has 0 aromatic rings. The molecule has 0 bridgehead atoms. The van der Waals surface area contributed by atoms with Crippen molar-refractivity contribution in [3.05, 3.63) is 59.3 Å². The van der Waals surface area contributed by atoms with Crippen LogP contribution in [0.2, 0.25) is 0 Å². The van der Waals surface area contributed by atoms with E-state index in [1.165, 1.54) is 29.6 Å². The second-order valence-corrected chi connectivity index (χ2v) is 3.70. The molecule has 0 saturated carbocycles. The third-order valence-electron chi connectivity index (χ3n) is 2.73. The Bertz CT molecular complexity index is 359. The van der Waals surface area contributed by atoms with Gasteiger partial charge in [-0.15, -0.1) is 0 Å². The van der Waals surface area contributed by atoms with Crippen LogP contribution in [0.3, 0.4) is 0 Å². The average Bonchev–Trinajstić information content (AvgIpc) is 2.30. The predicted molar refractivity (Wildman–Crippen MR) is 62.1 cm³/mol. The summed E-state index contributed by atoms with van der Waals surface area (Å²) in [4.78, 5) is 0. The van der Waals surface area contributed by atoms with E-state index in [0.29, 0.717) is 0 Å². The van der Waals surface area contributed by atoms with Crippen molar-refractivity contribution in [2.75, 3.05) is 0 Å². The zero-order valence-corrected chi connectivity index (χ0v) is 8.66. The van der Waals surface area contributed by atoms with Gasteiger partial charge in [0.2, 0.25) is 0 Å². The summed E-state index contributed by atoms with van der Waals surface area (Å²) in [6.07, 6.45) is 19.2. The molecule has 0 unspecified atom stereocenters. The molecule has 0 atom stereocenters. The Labute approximate surface area is 86.0 Å². The summed E-state index contributed by atoms with van der Waals surface area (Å²) < 4.78 is 0. The lowest BCUT2D eigenvalue weighted by molar-refractivity contribution is 1.02. The molecule has 0 radical (unpaired) electrons. The highest BCUT2D eigenvalue weighted by Gasteiger charge is 2.05. The van der Waals surface area contributed by atoms with Crippen LogP contribution >= 0.6 is 0 Å². The first kappa shape index (κ1) is 9.26. The normalized spacial score (nSPS) is 23.6. The van der Waals surface area contributed by atoms with Gasteiger partial charge in [-0.1, -0.05) is 42.5 Å². The van der Waals surface area contributed by atoms with Crippen LogP contribution < -0.4 is 0 Å². The van der Waals surface area contributed by atoms with Gasteiger partial charge in [0.1, 0.15) is 0 Å². The fourth-order valence-corrected chi connectivity index (χ4v) is 1.82. The molecule has 0 N–H and O–H groups in total. The molecular weight excluding hydrogens is 168 g/mol. The standard InChI is InChI=1S/C14H16/c1-2-12-8-10-14(11-9-12)13-6-4-3-5-7-13/h2,4,6-8,10-11H,3,5,9H2,1H3/b12-2-. The smallest absolute Gasteiger partial charge is 0.00915 e. The van der Waals surface area contributed by atoms with Crippen LogP contribution in [0.5, 0.6) is 0 Å². The zero-order valence-electron chi connectivity index (χ0n) is 8.66. The summed E-state index contributed by atoms with van der Waals surface area (Å²) in [7, 11) is 0. The summed E-state index contributed by atoms with van der Waals surface area (Å²) in [6.45, 7) is 2.10. The summed E-state index contributed by atoms with van der Waals surface area (Å²) in [6, 6.07) is 0. The Morgan fingerprint density at radius 1 is 1.00 bits per heavy atom. The molecule has 0 heteroatoms. The van der Waals surface area contributed by atoms with E-state index in [4.69, 9.17) is 0 Å². The van der Waals surface area contributed by atoms with Crippen molar-refractivity contribution in [2.45, 2.75) is 26.2 Å². The van der Waals surface area contributed by atoms with E-state index in [-0.39, 0.29) is 0 Å². The van der Waals surface area contributed by atoms with Crippen LogP contribution in [0.4, 0.5) is 0 Å². The van der Waals surface area contributed by atoms with Crippen LogP contribution in [-0.4, -0.2) is 0 Å². The molecule has 0 nitrogen and oxygen atoms in total. The summed E-state index contributed by atoms with van der Waals surface area (Å²) >= 11 is 0. The second kappa shape index (κ2) is 4.28. The Kier molecular flexibility index (Phi) is 2.83. The molecule has 2 rings (SSSR count). The number of rotatable bonds is 1. The van der Waals surface area contributed by atoms with Crippen molar-refractivity contribution in [2.24, 2.45) is 0 Å². The molecule has 2 aliphatic carbocycles. The van der Waals surface area contributed by atoms with Gasteiger partial charge < -0.3 is 0 Å². The molecule has 0 fully saturated rings. The predicted octanol–water partition coefficient (Wildman–Crippen LogP) is 4.10. The Morgan fingerprint density at radius 3 is 2.43 bits per heavy atom. The molecule has 2 aliphatic rings. The lowest BCUT2D eigenvalue weighted by Crippen LogP contribution is -1.92. The van der Waals surface area contributed by atoms with Crippen molar-refractivity contribution in [1.82, 2.24) is 0 Å². The first-order chi connectivity index (χ1) is 6.90. The Hall–Kier alpha value is -1.30. The van der Waals surface area contributed by atoms with Crippen LogP contribution in [0.15, 0.2) is 59.3 Å². The molecule has 0 aromatic heterocycles. The molecule has 0 spiro atoms. The topological polar surface area (TPSA) is 0 Å². The van der Waals surface area contributed by atoms with Crippen molar-refractivity contribution in [3.63, 3.8) is 0 Å². The van der Waals surface area contributed by atoms with Gasteiger partial charge in [0, 0.05) is 0 Å². The molecule has 72 valence electrons. The van der Waals surface area contributed by atoms with Gasteiger partial charge in [-0.05, 0) is 42.9 Å². The summed E-state index contributed by atoms with van der Waals surface area (Å²) in [5.41, 5.74) is 4.18. The number of hydrogen-bond acceptors (Lipinski definition) is 0. The number of allylic oxidation sites excluding steroid dienone is 10. The van der Waals surface area contributed by atoms with Crippen molar-refractivity contribution < 1.29 is 0 Å². The Balaban J connectivity index is 2.15. The van der Waals surface area contributed by atoms with Gasteiger partial charge in [-0.25, -0.2) is 0 Å². The lowest BCUT2D eigenvalue weighted by atomic mass is 9.93. The van der Waals surface area contributed by atoms with Gasteiger partial charge in [0.25, 0.3) is 0 Å². The monoisotopic (exact) mass is 184 g/mol. The maximum absolute atomic E-state index is 2.33. The SMILES string of the molecule is C/C=C1/C=CC(C2=CCCC=C2)=CC1. The molecular formula is C14H16. The third kappa shape index (κ3) is 1.95. The zero-order chi connectivity index (χ0) is 9.80. The van der Waals surface area contributed by atoms with E-state index in [9.17, 15) is 0 Å². The summed E-state index contributed by atoms with van der Waals surface area (Å²) in [5.74, 6) is 0. The summed E-state index contributed by atoms with van der Waals surface area (Å²) in [5, 5.41) is 0. The van der Waals surface area contributed by atoms with Crippen molar-refractivity contribution in [1.29, 1.82) is 0 Å². The van der Waals surface area contributed by atoms with Crippen LogP contribution in [0.25, 0.3) is 0 Å². The van der Waals surface area contributed by atoms with Gasteiger partial charge in [-0.3, -0.25) is 0 Å². The average molecular weight is 184 g/mol. The highest BCUT2D eigenvalue weighted by atomic mass is 14.1. The maximum Gasteiger partial charge on any atom is -0.00915 e. The van der Waals surface area contributed by atoms with Gasteiger partial charge >= 0.3 is 0 Å². The van der Waals surface area contributed by atoms with Gasteiger partial charge in [0.15, 0.2) is 0 Å². The van der Waals surface area contributed by atoms with Crippen LogP contribution in [-0.2, 0) is 0 Å². The van der Waals surface area contributed by atoms with E-state index >= 15 is 0 Å². The second-order valence-electron chi connectivity index (χ2n) is 3.70. The van der Waals surface area contributed by atoms with Crippen molar-refractivity contribution >= 4 is 0 Å². The van der Waals surface area contributed by atoms with E-state index < -0.39 is 0 Å². The molecule has 0 amide bonds. The fraction of sp³-hybridized carbons (Fsp3) is 0.286. The van der Waals surface area contributed by atoms with E-state index in [2.05, 4.69) is 49.5 Å². The highest BCUT2D eigenvalue weighted by Crippen LogP contribution is 2.24. The van der Waals surface area contributed by atoms with Crippen LogP contribution in [0.1, 0.15) is 26.2 Å². The van der Waals surface area contributed by atoms with E-state index in [1.54, 1.807) is 0 Å². The first-order valence-corrected chi connectivity index (χ1v) is 5.30. The quantitative estimate of drug-likeness (QED) is 0.575. The molecule has 0 aromatic carbocycles. The van der Waals surface area contributed by atoms with E-state index in [1.807, 2.05) is 0 Å². The Morgan fingerprint density at radius 2 is 1.86 bits per heavy atom. The molecule has 0 aliphatic heterocycles.